The molecular weight excluding hydrogens is 334 g/mol. The van der Waals surface area contributed by atoms with Crippen molar-refractivity contribution in [3.05, 3.63) is 33.3 Å². The zero-order valence-electron chi connectivity index (χ0n) is 11.0. The van der Waals surface area contributed by atoms with Crippen molar-refractivity contribution < 1.29 is 14.6 Å². The van der Waals surface area contributed by atoms with E-state index in [9.17, 15) is 9.90 Å². The van der Waals surface area contributed by atoms with Crippen molar-refractivity contribution in [2.45, 2.75) is 32.5 Å². The van der Waals surface area contributed by atoms with Gasteiger partial charge in [-0.1, -0.05) is 27.5 Å². The van der Waals surface area contributed by atoms with E-state index in [0.717, 1.165) is 4.47 Å². The molecule has 6 heteroatoms. The normalized spacial score (nSPS) is 12.9. The number of rotatable bonds is 3. The van der Waals surface area contributed by atoms with Gasteiger partial charge < -0.3 is 15.2 Å². The number of alkyl carbamates (subject to hydrolysis) is 1. The first-order chi connectivity index (χ1) is 8.67. The Hall–Kier alpha value is -0.780. The summed E-state index contributed by atoms with van der Waals surface area (Å²) in [7, 11) is 0. The maximum Gasteiger partial charge on any atom is 0.407 e. The molecule has 4 nitrogen and oxygen atoms in total. The van der Waals surface area contributed by atoms with Gasteiger partial charge in [0, 0.05) is 9.50 Å². The molecule has 0 saturated heterocycles. The van der Waals surface area contributed by atoms with Crippen LogP contribution in [0.2, 0.25) is 5.02 Å². The number of carbonyl (C=O) groups excluding carboxylic acids is 1. The number of ether oxygens (including phenoxy) is 1. The number of hydrogen-bond donors (Lipinski definition) is 2. The van der Waals surface area contributed by atoms with Crippen molar-refractivity contribution in [1.82, 2.24) is 5.32 Å². The van der Waals surface area contributed by atoms with Crippen LogP contribution in [0, 0.1) is 0 Å². The molecule has 2 N–H and O–H groups in total. The smallest absolute Gasteiger partial charge is 0.407 e. The molecule has 1 aromatic carbocycles. The fourth-order valence-corrected chi connectivity index (χ4v) is 2.27. The van der Waals surface area contributed by atoms with Crippen LogP contribution in [-0.4, -0.2) is 23.3 Å². The molecule has 0 heterocycles. The van der Waals surface area contributed by atoms with Gasteiger partial charge in [-0.05, 0) is 44.5 Å². The topological polar surface area (TPSA) is 58.6 Å². The van der Waals surface area contributed by atoms with Crippen molar-refractivity contribution in [3.63, 3.8) is 0 Å². The van der Waals surface area contributed by atoms with Gasteiger partial charge in [0.1, 0.15) is 5.60 Å². The first-order valence-corrected chi connectivity index (χ1v) is 6.95. The molecule has 19 heavy (non-hydrogen) atoms. The highest BCUT2D eigenvalue weighted by molar-refractivity contribution is 9.10. The van der Waals surface area contributed by atoms with Crippen molar-refractivity contribution in [2.75, 3.05) is 6.54 Å². The summed E-state index contributed by atoms with van der Waals surface area (Å²) in [6.07, 6.45) is -1.41. The molecule has 1 rings (SSSR count). The SMILES string of the molecule is CC(C)(C)OC(=O)NC[C@H](O)c1cc(Cl)cc(Br)c1. The summed E-state index contributed by atoms with van der Waals surface area (Å²) in [6.45, 7) is 5.38. The third-order valence-electron chi connectivity index (χ3n) is 2.11. The second kappa shape index (κ2) is 6.59. The third-order valence-corrected chi connectivity index (χ3v) is 2.78. The van der Waals surface area contributed by atoms with E-state index in [1.807, 2.05) is 0 Å². The third kappa shape index (κ3) is 6.27. The molecule has 106 valence electrons. The molecule has 1 atom stereocenters. The van der Waals surface area contributed by atoms with Gasteiger partial charge in [0.05, 0.1) is 12.6 Å². The largest absolute Gasteiger partial charge is 0.444 e. The minimum Gasteiger partial charge on any atom is -0.444 e. The fourth-order valence-electron chi connectivity index (χ4n) is 1.38. The number of halogens is 2. The average molecular weight is 351 g/mol. The summed E-state index contributed by atoms with van der Waals surface area (Å²) in [5.74, 6) is 0. The van der Waals surface area contributed by atoms with Crippen LogP contribution in [0.3, 0.4) is 0 Å². The van der Waals surface area contributed by atoms with Crippen molar-refractivity contribution in [1.29, 1.82) is 0 Å². The molecule has 1 amide bonds. The first-order valence-electron chi connectivity index (χ1n) is 5.78. The number of nitrogens with one attached hydrogen (secondary N) is 1. The Bertz CT molecular complexity index is 439. The van der Waals surface area contributed by atoms with Gasteiger partial charge in [0.15, 0.2) is 0 Å². The lowest BCUT2D eigenvalue weighted by Crippen LogP contribution is -2.34. The summed E-state index contributed by atoms with van der Waals surface area (Å²) >= 11 is 9.18. The van der Waals surface area contributed by atoms with Crippen molar-refractivity contribution in [2.24, 2.45) is 0 Å². The standard InChI is InChI=1S/C13H17BrClNO3/c1-13(2,3)19-12(18)16-7-11(17)8-4-9(14)6-10(15)5-8/h4-6,11,17H,7H2,1-3H3,(H,16,18)/t11-/m0/s1. The van der Waals surface area contributed by atoms with Gasteiger partial charge in [-0.25, -0.2) is 4.79 Å². The van der Waals surface area contributed by atoms with Gasteiger partial charge in [-0.2, -0.15) is 0 Å². The number of carbonyl (C=O) groups is 1. The Labute approximate surface area is 126 Å². The molecule has 0 radical (unpaired) electrons. The minimum absolute atomic E-state index is 0.0572. The molecule has 0 fully saturated rings. The lowest BCUT2D eigenvalue weighted by atomic mass is 10.1. The zero-order valence-corrected chi connectivity index (χ0v) is 13.4. The molecule has 0 saturated carbocycles. The summed E-state index contributed by atoms with van der Waals surface area (Å²) < 4.78 is 5.84. The lowest BCUT2D eigenvalue weighted by Gasteiger charge is -2.20. The molecule has 0 bridgehead atoms. The van der Waals surface area contributed by atoms with E-state index >= 15 is 0 Å². The van der Waals surface area contributed by atoms with Gasteiger partial charge >= 0.3 is 6.09 Å². The minimum atomic E-state index is -0.845. The second-order valence-electron chi connectivity index (χ2n) is 5.10. The number of aliphatic hydroxyl groups excluding tert-OH is 1. The van der Waals surface area contributed by atoms with Crippen LogP contribution < -0.4 is 5.32 Å². The summed E-state index contributed by atoms with van der Waals surface area (Å²) in [4.78, 5) is 11.4. The number of amides is 1. The number of benzene rings is 1. The van der Waals surface area contributed by atoms with Crippen molar-refractivity contribution in [3.8, 4) is 0 Å². The lowest BCUT2D eigenvalue weighted by molar-refractivity contribution is 0.0492. The van der Waals surface area contributed by atoms with Gasteiger partial charge in [0.2, 0.25) is 0 Å². The van der Waals surface area contributed by atoms with E-state index in [2.05, 4.69) is 21.2 Å². The van der Waals surface area contributed by atoms with E-state index < -0.39 is 17.8 Å². The molecule has 0 aliphatic rings. The number of hydrogen-bond acceptors (Lipinski definition) is 3. The predicted molar refractivity (Wildman–Crippen MR) is 78.3 cm³/mol. The maximum atomic E-state index is 11.4. The highest BCUT2D eigenvalue weighted by Gasteiger charge is 2.17. The number of aliphatic hydroxyl groups is 1. The summed E-state index contributed by atoms with van der Waals surface area (Å²) in [5.41, 5.74) is 0.0594. The van der Waals surface area contributed by atoms with Crippen LogP contribution in [-0.2, 0) is 4.74 Å². The van der Waals surface area contributed by atoms with Gasteiger partial charge in [0.25, 0.3) is 0 Å². The molecule has 0 spiro atoms. The summed E-state index contributed by atoms with van der Waals surface area (Å²) in [6, 6.07) is 5.11. The average Bonchev–Trinajstić information content (AvgIpc) is 2.22. The Morgan fingerprint density at radius 2 is 2.11 bits per heavy atom. The van der Waals surface area contributed by atoms with Crippen molar-refractivity contribution >= 4 is 33.6 Å². The van der Waals surface area contributed by atoms with Crippen LogP contribution in [0.5, 0.6) is 0 Å². The fraction of sp³-hybridized carbons (Fsp3) is 0.462. The predicted octanol–water partition coefficient (Wildman–Crippen LogP) is 3.66. The van der Waals surface area contributed by atoms with Gasteiger partial charge in [-0.15, -0.1) is 0 Å². The first kappa shape index (κ1) is 16.3. The van der Waals surface area contributed by atoms with Crippen LogP contribution in [0.15, 0.2) is 22.7 Å². The molecule has 1 aromatic rings. The Morgan fingerprint density at radius 1 is 1.47 bits per heavy atom. The maximum absolute atomic E-state index is 11.4. The van der Waals surface area contributed by atoms with Crippen LogP contribution >= 0.6 is 27.5 Å². The van der Waals surface area contributed by atoms with E-state index in [0.29, 0.717) is 10.6 Å². The van der Waals surface area contributed by atoms with Crippen LogP contribution in [0.1, 0.15) is 32.4 Å². The molecule has 0 aliphatic heterocycles. The Balaban J connectivity index is 2.56. The van der Waals surface area contributed by atoms with E-state index in [4.69, 9.17) is 16.3 Å². The molecule has 0 unspecified atom stereocenters. The highest BCUT2D eigenvalue weighted by Crippen LogP contribution is 2.23. The van der Waals surface area contributed by atoms with E-state index in [-0.39, 0.29) is 6.54 Å². The second-order valence-corrected chi connectivity index (χ2v) is 6.45. The molecule has 0 aliphatic carbocycles. The molecule has 0 aromatic heterocycles. The Morgan fingerprint density at radius 3 is 2.63 bits per heavy atom. The Kier molecular flexibility index (Phi) is 5.64. The van der Waals surface area contributed by atoms with Crippen LogP contribution in [0.25, 0.3) is 0 Å². The molecular formula is C13H17BrClNO3. The highest BCUT2D eigenvalue weighted by atomic mass is 79.9. The van der Waals surface area contributed by atoms with Crippen LogP contribution in [0.4, 0.5) is 4.79 Å². The van der Waals surface area contributed by atoms with E-state index in [1.165, 1.54) is 0 Å². The summed E-state index contributed by atoms with van der Waals surface area (Å²) in [5, 5.41) is 13.0. The van der Waals surface area contributed by atoms with Gasteiger partial charge in [-0.3, -0.25) is 0 Å². The monoisotopic (exact) mass is 349 g/mol. The van der Waals surface area contributed by atoms with E-state index in [1.54, 1.807) is 39.0 Å². The quantitative estimate of drug-likeness (QED) is 0.874. The zero-order chi connectivity index (χ0) is 14.6.